The smallest absolute Gasteiger partial charge is 0.127 e. The Morgan fingerprint density at radius 3 is 2.71 bits per heavy atom. The van der Waals surface area contributed by atoms with Crippen molar-refractivity contribution in [1.29, 1.82) is 5.41 Å². The molecule has 0 aliphatic carbocycles. The van der Waals surface area contributed by atoms with Gasteiger partial charge >= 0.3 is 0 Å². The first-order valence-electron chi connectivity index (χ1n) is 6.92. The highest BCUT2D eigenvalue weighted by molar-refractivity contribution is 5.82. The van der Waals surface area contributed by atoms with Gasteiger partial charge in [-0.25, -0.2) is 0 Å². The fourth-order valence-corrected chi connectivity index (χ4v) is 2.21. The standard InChI is InChI=1S/C13H27N3O/c1-2-3-4-5-6-7-8-16-9-10-17-12(11-16)13(14)15/h12H,2-11H2,1H3,(H3,14,15). The highest BCUT2D eigenvalue weighted by Crippen LogP contribution is 2.09. The van der Waals surface area contributed by atoms with Crippen molar-refractivity contribution in [3.8, 4) is 0 Å². The van der Waals surface area contributed by atoms with Crippen molar-refractivity contribution in [3.05, 3.63) is 0 Å². The van der Waals surface area contributed by atoms with Crippen molar-refractivity contribution in [2.45, 2.75) is 51.6 Å². The fraction of sp³-hybridized carbons (Fsp3) is 0.923. The molecule has 1 heterocycles. The van der Waals surface area contributed by atoms with E-state index in [2.05, 4.69) is 11.8 Å². The molecule has 1 rings (SSSR count). The Balaban J connectivity index is 2.04. The van der Waals surface area contributed by atoms with Crippen LogP contribution in [0.5, 0.6) is 0 Å². The third-order valence-electron chi connectivity index (χ3n) is 3.33. The Kier molecular flexibility index (Phi) is 7.21. The SMILES string of the molecule is CCCCCCCCN1CCOC(C(=N)N)C1. The fourth-order valence-electron chi connectivity index (χ4n) is 2.21. The van der Waals surface area contributed by atoms with Gasteiger partial charge in [0.05, 0.1) is 6.61 Å². The van der Waals surface area contributed by atoms with Crippen molar-refractivity contribution in [1.82, 2.24) is 4.90 Å². The molecule has 3 N–H and O–H groups in total. The zero-order chi connectivity index (χ0) is 12.5. The van der Waals surface area contributed by atoms with Crippen molar-refractivity contribution >= 4 is 5.84 Å². The van der Waals surface area contributed by atoms with Gasteiger partial charge in [-0.2, -0.15) is 0 Å². The Morgan fingerprint density at radius 1 is 1.29 bits per heavy atom. The van der Waals surface area contributed by atoms with E-state index in [1.54, 1.807) is 0 Å². The van der Waals surface area contributed by atoms with E-state index in [1.165, 1.54) is 38.5 Å². The minimum atomic E-state index is -0.177. The number of ether oxygens (including phenoxy) is 1. The molecule has 1 fully saturated rings. The summed E-state index contributed by atoms with van der Waals surface area (Å²) in [5, 5.41) is 7.39. The molecular formula is C13H27N3O. The Labute approximate surface area is 105 Å². The minimum absolute atomic E-state index is 0.164. The predicted molar refractivity (Wildman–Crippen MR) is 71.5 cm³/mol. The van der Waals surface area contributed by atoms with E-state index in [9.17, 15) is 0 Å². The number of amidine groups is 1. The number of hydrogen-bond donors (Lipinski definition) is 2. The van der Waals surface area contributed by atoms with Gasteiger partial charge in [0, 0.05) is 13.1 Å². The molecule has 1 aliphatic rings. The van der Waals surface area contributed by atoms with Crippen LogP contribution in [0.4, 0.5) is 0 Å². The Hall–Kier alpha value is -0.610. The summed E-state index contributed by atoms with van der Waals surface area (Å²) in [7, 11) is 0. The topological polar surface area (TPSA) is 62.3 Å². The molecule has 1 aliphatic heterocycles. The molecular weight excluding hydrogens is 214 g/mol. The Morgan fingerprint density at radius 2 is 2.00 bits per heavy atom. The van der Waals surface area contributed by atoms with Crippen molar-refractivity contribution in [2.75, 3.05) is 26.2 Å². The van der Waals surface area contributed by atoms with Crippen LogP contribution in [0.1, 0.15) is 45.4 Å². The lowest BCUT2D eigenvalue weighted by Crippen LogP contribution is -2.48. The molecule has 4 heteroatoms. The summed E-state index contributed by atoms with van der Waals surface area (Å²) in [4.78, 5) is 2.37. The zero-order valence-electron chi connectivity index (χ0n) is 11.1. The van der Waals surface area contributed by atoms with E-state index in [0.29, 0.717) is 6.61 Å². The molecule has 0 radical (unpaired) electrons. The first kappa shape index (κ1) is 14.5. The molecule has 1 saturated heterocycles. The highest BCUT2D eigenvalue weighted by Gasteiger charge is 2.21. The first-order chi connectivity index (χ1) is 8.24. The lowest BCUT2D eigenvalue weighted by atomic mass is 10.1. The van der Waals surface area contributed by atoms with Gasteiger partial charge in [0.15, 0.2) is 0 Å². The second-order valence-corrected chi connectivity index (χ2v) is 4.88. The highest BCUT2D eigenvalue weighted by atomic mass is 16.5. The molecule has 1 atom stereocenters. The van der Waals surface area contributed by atoms with Crippen molar-refractivity contribution in [3.63, 3.8) is 0 Å². The number of hydrogen-bond acceptors (Lipinski definition) is 3. The number of unbranched alkanes of at least 4 members (excludes halogenated alkanes) is 5. The lowest BCUT2D eigenvalue weighted by Gasteiger charge is -2.32. The molecule has 0 bridgehead atoms. The van der Waals surface area contributed by atoms with E-state index in [4.69, 9.17) is 15.9 Å². The van der Waals surface area contributed by atoms with Gasteiger partial charge in [-0.15, -0.1) is 0 Å². The number of nitrogens with zero attached hydrogens (tertiary/aromatic N) is 1. The zero-order valence-corrected chi connectivity index (χ0v) is 11.1. The molecule has 0 aromatic carbocycles. The van der Waals surface area contributed by atoms with E-state index in [1.807, 2.05) is 0 Å². The Bertz CT molecular complexity index is 221. The second kappa shape index (κ2) is 8.48. The van der Waals surface area contributed by atoms with Gasteiger partial charge in [0.1, 0.15) is 11.9 Å². The largest absolute Gasteiger partial charge is 0.385 e. The molecule has 0 aromatic rings. The number of nitrogens with two attached hydrogens (primary N) is 1. The van der Waals surface area contributed by atoms with Crippen molar-refractivity contribution in [2.24, 2.45) is 5.73 Å². The van der Waals surface area contributed by atoms with Gasteiger partial charge in [0.25, 0.3) is 0 Å². The quantitative estimate of drug-likeness (QED) is 0.388. The van der Waals surface area contributed by atoms with Gasteiger partial charge in [-0.3, -0.25) is 10.3 Å². The van der Waals surface area contributed by atoms with Crippen LogP contribution in [0.15, 0.2) is 0 Å². The summed E-state index contributed by atoms with van der Waals surface area (Å²) < 4.78 is 5.44. The van der Waals surface area contributed by atoms with Crippen LogP contribution >= 0.6 is 0 Å². The summed E-state index contributed by atoms with van der Waals surface area (Å²) in [5.74, 6) is 0.164. The first-order valence-corrected chi connectivity index (χ1v) is 6.92. The number of morpholine rings is 1. The van der Waals surface area contributed by atoms with Crippen molar-refractivity contribution < 1.29 is 4.74 Å². The van der Waals surface area contributed by atoms with Gasteiger partial charge in [-0.1, -0.05) is 39.0 Å². The maximum atomic E-state index is 7.39. The normalized spacial score (nSPS) is 21.6. The van der Waals surface area contributed by atoms with Gasteiger partial charge < -0.3 is 10.5 Å². The summed E-state index contributed by atoms with van der Waals surface area (Å²) in [5.41, 5.74) is 5.47. The predicted octanol–water partition coefficient (Wildman–Crippen LogP) is 1.98. The lowest BCUT2D eigenvalue weighted by molar-refractivity contribution is 0.00511. The van der Waals surface area contributed by atoms with Gasteiger partial charge in [-0.05, 0) is 13.0 Å². The second-order valence-electron chi connectivity index (χ2n) is 4.88. The average molecular weight is 241 g/mol. The minimum Gasteiger partial charge on any atom is -0.385 e. The summed E-state index contributed by atoms with van der Waals surface area (Å²) >= 11 is 0. The molecule has 0 saturated carbocycles. The monoisotopic (exact) mass is 241 g/mol. The molecule has 0 amide bonds. The van der Waals surface area contributed by atoms with Crippen LogP contribution in [0.3, 0.4) is 0 Å². The summed E-state index contributed by atoms with van der Waals surface area (Å²) in [6, 6.07) is 0. The van der Waals surface area contributed by atoms with E-state index >= 15 is 0 Å². The maximum Gasteiger partial charge on any atom is 0.127 e. The van der Waals surface area contributed by atoms with Gasteiger partial charge in [0.2, 0.25) is 0 Å². The third kappa shape index (κ3) is 6.03. The maximum absolute atomic E-state index is 7.39. The summed E-state index contributed by atoms with van der Waals surface area (Å²) in [6.45, 7) is 5.86. The molecule has 0 aromatic heterocycles. The average Bonchev–Trinajstić information content (AvgIpc) is 2.34. The van der Waals surface area contributed by atoms with E-state index < -0.39 is 0 Å². The van der Waals surface area contributed by atoms with Crippen LogP contribution in [0.25, 0.3) is 0 Å². The molecule has 1 unspecified atom stereocenters. The number of rotatable bonds is 8. The van der Waals surface area contributed by atoms with Crippen LogP contribution < -0.4 is 5.73 Å². The third-order valence-corrected chi connectivity index (χ3v) is 3.33. The molecule has 17 heavy (non-hydrogen) atoms. The van der Waals surface area contributed by atoms with Crippen LogP contribution in [-0.4, -0.2) is 43.1 Å². The number of nitrogens with one attached hydrogen (secondary N) is 1. The summed E-state index contributed by atoms with van der Waals surface area (Å²) in [6.07, 6.45) is 7.80. The van der Waals surface area contributed by atoms with Crippen LogP contribution in [0, 0.1) is 5.41 Å². The molecule has 0 spiro atoms. The molecule has 100 valence electrons. The van der Waals surface area contributed by atoms with E-state index in [-0.39, 0.29) is 11.9 Å². The van der Waals surface area contributed by atoms with E-state index in [0.717, 1.165) is 19.6 Å². The van der Waals surface area contributed by atoms with Crippen LogP contribution in [-0.2, 0) is 4.74 Å². The van der Waals surface area contributed by atoms with Crippen LogP contribution in [0.2, 0.25) is 0 Å². The molecule has 4 nitrogen and oxygen atoms in total.